The monoisotopic (exact) mass is 568 g/mol. The summed E-state index contributed by atoms with van der Waals surface area (Å²) in [6.45, 7) is 25.5. The molecule has 0 spiro atoms. The molecule has 0 aliphatic heterocycles. The number of hydrogen-bond acceptors (Lipinski definition) is 5. The molecular weight excluding hydrogens is 504 g/mol. The summed E-state index contributed by atoms with van der Waals surface area (Å²) in [7, 11) is -2.13. The standard InChI is InChI=1S/C33H64O5Si/c1-23(2)32(8,9)39(11,12)38-29(31(6,7)36)20-17-25(15-13-21-30(4,5)35)26-18-19-27-28(37-24(3)34)16-14-22-33(26,27)10/h23,25-29,35-36H,13-22H2,1-12H3/t25-,26-,27+,28+,29-,33-/m1/s1. The lowest BCUT2D eigenvalue weighted by Gasteiger charge is -2.48. The largest absolute Gasteiger partial charge is 0.462 e. The van der Waals surface area contributed by atoms with Crippen molar-refractivity contribution in [3.8, 4) is 0 Å². The second-order valence-electron chi connectivity index (χ2n) is 16.0. The Morgan fingerprint density at radius 2 is 1.62 bits per heavy atom. The summed E-state index contributed by atoms with van der Waals surface area (Å²) in [6, 6.07) is 0. The van der Waals surface area contributed by atoms with Crippen LogP contribution in [0.1, 0.15) is 133 Å². The van der Waals surface area contributed by atoms with Crippen LogP contribution in [0.5, 0.6) is 0 Å². The minimum absolute atomic E-state index is 0.0424. The molecule has 0 aromatic rings. The first-order chi connectivity index (χ1) is 17.6. The zero-order chi connectivity index (χ0) is 30.0. The Bertz CT molecular complexity index is 793. The molecule has 0 heterocycles. The third kappa shape index (κ3) is 8.78. The minimum atomic E-state index is -2.13. The lowest BCUT2D eigenvalue weighted by atomic mass is 9.60. The molecule has 2 aliphatic rings. The van der Waals surface area contributed by atoms with E-state index in [9.17, 15) is 15.0 Å². The van der Waals surface area contributed by atoms with Crippen molar-refractivity contribution < 1.29 is 24.2 Å². The number of rotatable bonds is 14. The summed E-state index contributed by atoms with van der Waals surface area (Å²) in [5.41, 5.74) is -1.41. The van der Waals surface area contributed by atoms with Crippen molar-refractivity contribution in [2.75, 3.05) is 0 Å². The van der Waals surface area contributed by atoms with Crippen LogP contribution in [-0.2, 0) is 14.0 Å². The number of fused-ring (bicyclic) bond motifs is 1. The summed E-state index contributed by atoms with van der Waals surface area (Å²) in [5, 5.41) is 21.8. The Kier molecular flexibility index (Phi) is 11.4. The SMILES string of the molecule is CC(=O)O[C@H]1CCC[C@]2(C)[C@@H]([C@H](CCCC(C)(C)O)CC[C@@H](O[Si](C)(C)C(C)(C)C(C)C)C(C)(C)O)CC[C@@H]12. The van der Waals surface area contributed by atoms with Crippen molar-refractivity contribution in [2.45, 2.75) is 175 Å². The molecule has 2 N–H and O–H groups in total. The van der Waals surface area contributed by atoms with Crippen molar-refractivity contribution in [1.82, 2.24) is 0 Å². The van der Waals surface area contributed by atoms with E-state index in [2.05, 4.69) is 47.7 Å². The van der Waals surface area contributed by atoms with Crippen molar-refractivity contribution in [3.05, 3.63) is 0 Å². The Balaban J connectivity index is 2.29. The molecule has 230 valence electrons. The van der Waals surface area contributed by atoms with Gasteiger partial charge >= 0.3 is 5.97 Å². The van der Waals surface area contributed by atoms with Gasteiger partial charge in [0.15, 0.2) is 8.32 Å². The normalized spacial score (nSPS) is 28.3. The maximum Gasteiger partial charge on any atom is 0.302 e. The molecule has 0 radical (unpaired) electrons. The van der Waals surface area contributed by atoms with Gasteiger partial charge in [0.25, 0.3) is 0 Å². The molecule has 6 heteroatoms. The van der Waals surface area contributed by atoms with Crippen LogP contribution in [0.15, 0.2) is 0 Å². The Morgan fingerprint density at radius 3 is 2.13 bits per heavy atom. The summed E-state index contributed by atoms with van der Waals surface area (Å²) in [6.07, 6.45) is 10.1. The molecule has 0 amide bonds. The Labute approximate surface area is 242 Å². The zero-order valence-electron chi connectivity index (χ0n) is 27.7. The molecule has 2 aliphatic carbocycles. The van der Waals surface area contributed by atoms with Gasteiger partial charge in [-0.25, -0.2) is 0 Å². The van der Waals surface area contributed by atoms with Crippen molar-refractivity contribution in [2.24, 2.45) is 29.1 Å². The highest BCUT2D eigenvalue weighted by atomic mass is 28.4. The molecule has 6 atom stereocenters. The third-order valence-electron chi connectivity index (χ3n) is 11.4. The highest BCUT2D eigenvalue weighted by molar-refractivity contribution is 6.74. The van der Waals surface area contributed by atoms with E-state index < -0.39 is 19.5 Å². The summed E-state index contributed by atoms with van der Waals surface area (Å²) in [5.74, 6) is 1.83. The second kappa shape index (κ2) is 12.8. The number of esters is 1. The van der Waals surface area contributed by atoms with Crippen molar-refractivity contribution >= 4 is 14.3 Å². The first-order valence-electron chi connectivity index (χ1n) is 15.9. The van der Waals surface area contributed by atoms with Crippen LogP contribution in [0, 0.1) is 29.1 Å². The van der Waals surface area contributed by atoms with E-state index in [4.69, 9.17) is 9.16 Å². The number of ether oxygens (including phenoxy) is 1. The van der Waals surface area contributed by atoms with Gasteiger partial charge in [0.05, 0.1) is 17.3 Å². The number of carbonyl (C=O) groups is 1. The Hall–Kier alpha value is -0.433. The average molecular weight is 569 g/mol. The van der Waals surface area contributed by atoms with Crippen LogP contribution in [0.2, 0.25) is 18.1 Å². The lowest BCUT2D eigenvalue weighted by molar-refractivity contribution is -0.155. The van der Waals surface area contributed by atoms with Gasteiger partial charge in [0, 0.05) is 12.8 Å². The van der Waals surface area contributed by atoms with Gasteiger partial charge in [-0.15, -0.1) is 0 Å². The van der Waals surface area contributed by atoms with Gasteiger partial charge in [-0.3, -0.25) is 4.79 Å². The maximum atomic E-state index is 11.9. The van der Waals surface area contributed by atoms with E-state index in [1.807, 2.05) is 27.7 Å². The van der Waals surface area contributed by atoms with E-state index >= 15 is 0 Å². The van der Waals surface area contributed by atoms with E-state index in [0.29, 0.717) is 23.7 Å². The summed E-state index contributed by atoms with van der Waals surface area (Å²) >= 11 is 0. The highest BCUT2D eigenvalue weighted by Gasteiger charge is 2.54. The van der Waals surface area contributed by atoms with Crippen molar-refractivity contribution in [3.63, 3.8) is 0 Å². The number of aliphatic hydroxyl groups is 2. The van der Waals surface area contributed by atoms with Crippen LogP contribution >= 0.6 is 0 Å². The first kappa shape index (κ1) is 34.8. The maximum absolute atomic E-state index is 11.9. The van der Waals surface area contributed by atoms with Crippen LogP contribution < -0.4 is 0 Å². The third-order valence-corrected chi connectivity index (χ3v) is 16.0. The van der Waals surface area contributed by atoms with Gasteiger partial charge in [-0.05, 0) is 120 Å². The van der Waals surface area contributed by atoms with Gasteiger partial charge in [-0.1, -0.05) is 47.5 Å². The smallest absolute Gasteiger partial charge is 0.302 e. The topological polar surface area (TPSA) is 76.0 Å². The summed E-state index contributed by atoms with van der Waals surface area (Å²) < 4.78 is 12.8. The molecule has 0 bridgehead atoms. The quantitative estimate of drug-likeness (QED) is 0.163. The fourth-order valence-electron chi connectivity index (χ4n) is 7.76. The van der Waals surface area contributed by atoms with Gasteiger partial charge in [-0.2, -0.15) is 0 Å². The fourth-order valence-corrected chi connectivity index (χ4v) is 10.6. The number of carbonyl (C=O) groups excluding carboxylic acids is 1. The number of hydrogen-bond donors (Lipinski definition) is 2. The van der Waals surface area contributed by atoms with Gasteiger partial charge in [0.1, 0.15) is 6.10 Å². The van der Waals surface area contributed by atoms with Crippen LogP contribution in [0.4, 0.5) is 0 Å². The fraction of sp³-hybridized carbons (Fsp3) is 0.970. The molecule has 5 nitrogen and oxygen atoms in total. The molecule has 0 aromatic carbocycles. The minimum Gasteiger partial charge on any atom is -0.462 e. The first-order valence-corrected chi connectivity index (χ1v) is 18.8. The van der Waals surface area contributed by atoms with Crippen LogP contribution in [0.3, 0.4) is 0 Å². The average Bonchev–Trinajstić information content (AvgIpc) is 3.10. The summed E-state index contributed by atoms with van der Waals surface area (Å²) in [4.78, 5) is 11.9. The highest BCUT2D eigenvalue weighted by Crippen LogP contribution is 2.59. The molecular formula is C33H64O5Si. The van der Waals surface area contributed by atoms with E-state index in [1.165, 1.54) is 12.8 Å². The molecule has 0 saturated heterocycles. The van der Waals surface area contributed by atoms with Gasteiger partial charge < -0.3 is 19.4 Å². The lowest BCUT2D eigenvalue weighted by Crippen LogP contribution is -2.52. The van der Waals surface area contributed by atoms with E-state index in [0.717, 1.165) is 51.4 Å². The molecule has 0 aromatic heterocycles. The second-order valence-corrected chi connectivity index (χ2v) is 20.6. The van der Waals surface area contributed by atoms with Crippen molar-refractivity contribution in [1.29, 1.82) is 0 Å². The van der Waals surface area contributed by atoms with Gasteiger partial charge in [0.2, 0.25) is 0 Å². The molecule has 39 heavy (non-hydrogen) atoms. The van der Waals surface area contributed by atoms with E-state index in [1.54, 1.807) is 6.92 Å². The molecule has 2 saturated carbocycles. The molecule has 2 fully saturated rings. The van der Waals surface area contributed by atoms with Crippen LogP contribution in [0.25, 0.3) is 0 Å². The predicted molar refractivity (Wildman–Crippen MR) is 164 cm³/mol. The van der Waals surface area contributed by atoms with Crippen LogP contribution in [-0.4, -0.2) is 47.9 Å². The molecule has 0 unspecified atom stereocenters. The zero-order valence-corrected chi connectivity index (χ0v) is 28.7. The predicted octanol–water partition coefficient (Wildman–Crippen LogP) is 8.27. The molecule has 2 rings (SSSR count). The van der Waals surface area contributed by atoms with E-state index in [-0.39, 0.29) is 28.6 Å². The Morgan fingerprint density at radius 1 is 1.00 bits per heavy atom.